The Balaban J connectivity index is 2.00. The van der Waals surface area contributed by atoms with Gasteiger partial charge in [-0.2, -0.15) is 0 Å². The number of hydrogen-bond donors (Lipinski definition) is 0. The third-order valence-electron chi connectivity index (χ3n) is 3.08. The van der Waals surface area contributed by atoms with Crippen LogP contribution in [0, 0.1) is 12.8 Å². The minimum absolute atomic E-state index is 0.318. The summed E-state index contributed by atoms with van der Waals surface area (Å²) in [6.07, 6.45) is 2.25. The SMILES string of the molecule is Cc1cc(N(C)CC2CCOCC2)nc(Cl)n1. The van der Waals surface area contributed by atoms with Crippen LogP contribution in [0.5, 0.6) is 0 Å². The maximum Gasteiger partial charge on any atom is 0.224 e. The van der Waals surface area contributed by atoms with Crippen LogP contribution < -0.4 is 4.90 Å². The van der Waals surface area contributed by atoms with Crippen molar-refractivity contribution >= 4 is 17.4 Å². The third-order valence-corrected chi connectivity index (χ3v) is 3.25. The maximum atomic E-state index is 5.87. The van der Waals surface area contributed by atoms with E-state index in [-0.39, 0.29) is 0 Å². The van der Waals surface area contributed by atoms with Crippen LogP contribution in [-0.4, -0.2) is 36.8 Å². The standard InChI is InChI=1S/C12H18ClN3O/c1-9-7-11(15-12(13)14-9)16(2)8-10-3-5-17-6-4-10/h7,10H,3-6,8H2,1-2H3. The zero-order valence-electron chi connectivity index (χ0n) is 10.3. The van der Waals surface area contributed by atoms with Crippen molar-refractivity contribution in [3.63, 3.8) is 0 Å². The van der Waals surface area contributed by atoms with Crippen molar-refractivity contribution in [2.24, 2.45) is 5.92 Å². The van der Waals surface area contributed by atoms with E-state index in [1.807, 2.05) is 20.0 Å². The number of halogens is 1. The molecule has 17 heavy (non-hydrogen) atoms. The van der Waals surface area contributed by atoms with E-state index in [4.69, 9.17) is 16.3 Å². The molecular weight excluding hydrogens is 238 g/mol. The van der Waals surface area contributed by atoms with Crippen molar-refractivity contribution in [2.45, 2.75) is 19.8 Å². The molecule has 1 saturated heterocycles. The molecule has 2 heterocycles. The molecule has 1 aliphatic rings. The summed E-state index contributed by atoms with van der Waals surface area (Å²) in [5.41, 5.74) is 0.902. The first-order chi connectivity index (χ1) is 8.15. The van der Waals surface area contributed by atoms with Crippen molar-refractivity contribution in [3.8, 4) is 0 Å². The molecule has 5 heteroatoms. The monoisotopic (exact) mass is 255 g/mol. The van der Waals surface area contributed by atoms with Crippen molar-refractivity contribution in [2.75, 3.05) is 31.7 Å². The molecule has 0 N–H and O–H groups in total. The second-order valence-corrected chi connectivity index (χ2v) is 4.91. The molecule has 0 radical (unpaired) electrons. The van der Waals surface area contributed by atoms with E-state index in [9.17, 15) is 0 Å². The zero-order valence-corrected chi connectivity index (χ0v) is 11.1. The Morgan fingerprint density at radius 1 is 1.41 bits per heavy atom. The number of rotatable bonds is 3. The Labute approximate surface area is 107 Å². The summed E-state index contributed by atoms with van der Waals surface area (Å²) in [5.74, 6) is 1.58. The van der Waals surface area contributed by atoms with Crippen molar-refractivity contribution < 1.29 is 4.74 Å². The van der Waals surface area contributed by atoms with Gasteiger partial charge >= 0.3 is 0 Å². The van der Waals surface area contributed by atoms with Gasteiger partial charge < -0.3 is 9.64 Å². The summed E-state index contributed by atoms with van der Waals surface area (Å²) in [6.45, 7) is 4.68. The number of aromatic nitrogens is 2. The average molecular weight is 256 g/mol. The Bertz CT molecular complexity index is 360. The minimum atomic E-state index is 0.318. The Morgan fingerprint density at radius 2 is 2.12 bits per heavy atom. The number of hydrogen-bond acceptors (Lipinski definition) is 4. The molecule has 0 aromatic carbocycles. The van der Waals surface area contributed by atoms with Crippen LogP contribution in [0.1, 0.15) is 18.5 Å². The summed E-state index contributed by atoms with van der Waals surface area (Å²) < 4.78 is 5.36. The van der Waals surface area contributed by atoms with Gasteiger partial charge in [-0.3, -0.25) is 0 Å². The molecule has 0 aliphatic carbocycles. The third kappa shape index (κ3) is 3.54. The quantitative estimate of drug-likeness (QED) is 0.777. The Morgan fingerprint density at radius 3 is 2.76 bits per heavy atom. The number of aryl methyl sites for hydroxylation is 1. The summed E-state index contributed by atoms with van der Waals surface area (Å²) in [5, 5.41) is 0.318. The smallest absolute Gasteiger partial charge is 0.224 e. The van der Waals surface area contributed by atoms with E-state index in [0.717, 1.165) is 44.1 Å². The fraction of sp³-hybridized carbons (Fsp3) is 0.667. The highest BCUT2D eigenvalue weighted by Gasteiger charge is 2.16. The van der Waals surface area contributed by atoms with Gasteiger partial charge in [-0.05, 0) is 37.3 Å². The van der Waals surface area contributed by atoms with E-state index < -0.39 is 0 Å². The van der Waals surface area contributed by atoms with Crippen LogP contribution in [0.2, 0.25) is 5.28 Å². The fourth-order valence-corrected chi connectivity index (χ4v) is 2.34. The molecule has 0 unspecified atom stereocenters. The first-order valence-corrected chi connectivity index (χ1v) is 6.33. The maximum absolute atomic E-state index is 5.87. The van der Waals surface area contributed by atoms with E-state index >= 15 is 0 Å². The first kappa shape index (κ1) is 12.6. The lowest BCUT2D eigenvalue weighted by Crippen LogP contribution is -2.30. The van der Waals surface area contributed by atoms with Gasteiger partial charge in [-0.1, -0.05) is 0 Å². The second-order valence-electron chi connectivity index (χ2n) is 4.57. The lowest BCUT2D eigenvalue weighted by molar-refractivity contribution is 0.0685. The second kappa shape index (κ2) is 5.65. The normalized spacial score (nSPS) is 17.1. The molecule has 2 rings (SSSR count). The summed E-state index contributed by atoms with van der Waals surface area (Å²) in [6, 6.07) is 1.96. The first-order valence-electron chi connectivity index (χ1n) is 5.95. The molecule has 1 aliphatic heterocycles. The highest BCUT2D eigenvalue weighted by Crippen LogP contribution is 2.19. The predicted molar refractivity (Wildman–Crippen MR) is 68.6 cm³/mol. The number of anilines is 1. The van der Waals surface area contributed by atoms with Crippen molar-refractivity contribution in [1.82, 2.24) is 9.97 Å². The molecule has 0 atom stereocenters. The molecule has 0 spiro atoms. The number of ether oxygens (including phenoxy) is 1. The van der Waals surface area contributed by atoms with E-state index in [2.05, 4.69) is 14.9 Å². The fourth-order valence-electron chi connectivity index (χ4n) is 2.12. The van der Waals surface area contributed by atoms with Crippen LogP contribution in [0.3, 0.4) is 0 Å². The average Bonchev–Trinajstić information content (AvgIpc) is 2.29. The van der Waals surface area contributed by atoms with Gasteiger partial charge in [-0.25, -0.2) is 9.97 Å². The van der Waals surface area contributed by atoms with Gasteiger partial charge in [0.15, 0.2) is 0 Å². The highest BCUT2D eigenvalue weighted by molar-refractivity contribution is 6.28. The van der Waals surface area contributed by atoms with Gasteiger partial charge in [0.25, 0.3) is 0 Å². The molecule has 1 fully saturated rings. The lowest BCUT2D eigenvalue weighted by atomic mass is 10.00. The largest absolute Gasteiger partial charge is 0.381 e. The van der Waals surface area contributed by atoms with Gasteiger partial charge in [0, 0.05) is 38.6 Å². The van der Waals surface area contributed by atoms with Gasteiger partial charge in [-0.15, -0.1) is 0 Å². The van der Waals surface area contributed by atoms with Crippen LogP contribution in [0.4, 0.5) is 5.82 Å². The van der Waals surface area contributed by atoms with Crippen LogP contribution in [-0.2, 0) is 4.74 Å². The van der Waals surface area contributed by atoms with Crippen molar-refractivity contribution in [3.05, 3.63) is 17.0 Å². The van der Waals surface area contributed by atoms with Crippen LogP contribution in [0.15, 0.2) is 6.07 Å². The molecule has 0 amide bonds. The molecule has 0 saturated carbocycles. The topological polar surface area (TPSA) is 38.2 Å². The number of nitrogens with zero attached hydrogens (tertiary/aromatic N) is 3. The lowest BCUT2D eigenvalue weighted by Gasteiger charge is -2.27. The molecule has 1 aromatic heterocycles. The molecule has 0 bridgehead atoms. The molecular formula is C12H18ClN3O. The Hall–Kier alpha value is -0.870. The zero-order chi connectivity index (χ0) is 12.3. The molecule has 1 aromatic rings. The molecule has 4 nitrogen and oxygen atoms in total. The van der Waals surface area contributed by atoms with Gasteiger partial charge in [0.05, 0.1) is 0 Å². The highest BCUT2D eigenvalue weighted by atomic mass is 35.5. The predicted octanol–water partition coefficient (Wildman–Crippen LogP) is 2.30. The van der Waals surface area contributed by atoms with Gasteiger partial charge in [0.2, 0.25) is 5.28 Å². The molecule has 94 valence electrons. The van der Waals surface area contributed by atoms with Crippen LogP contribution >= 0.6 is 11.6 Å². The van der Waals surface area contributed by atoms with Gasteiger partial charge in [0.1, 0.15) is 5.82 Å². The van der Waals surface area contributed by atoms with Crippen molar-refractivity contribution in [1.29, 1.82) is 0 Å². The Kier molecular flexibility index (Phi) is 4.18. The van der Waals surface area contributed by atoms with E-state index in [1.165, 1.54) is 0 Å². The minimum Gasteiger partial charge on any atom is -0.381 e. The summed E-state index contributed by atoms with van der Waals surface area (Å²) >= 11 is 5.87. The van der Waals surface area contributed by atoms with Crippen LogP contribution in [0.25, 0.3) is 0 Å². The van der Waals surface area contributed by atoms with E-state index in [0.29, 0.717) is 11.2 Å². The summed E-state index contributed by atoms with van der Waals surface area (Å²) in [4.78, 5) is 10.5. The summed E-state index contributed by atoms with van der Waals surface area (Å²) in [7, 11) is 2.05. The van der Waals surface area contributed by atoms with E-state index in [1.54, 1.807) is 0 Å².